The van der Waals surface area contributed by atoms with Gasteiger partial charge in [-0.1, -0.05) is 38.3 Å². The Morgan fingerprint density at radius 3 is 2.64 bits per heavy atom. The van der Waals surface area contributed by atoms with E-state index in [2.05, 4.69) is 54.0 Å². The van der Waals surface area contributed by atoms with Gasteiger partial charge in [-0.2, -0.15) is 0 Å². The van der Waals surface area contributed by atoms with Crippen LogP contribution >= 0.6 is 15.9 Å². The fourth-order valence-electron chi connectivity index (χ4n) is 2.57. The molecule has 0 N–H and O–H groups in total. The molecule has 0 amide bonds. The maximum atomic E-state index is 5.95. The Morgan fingerprint density at radius 2 is 1.91 bits per heavy atom. The largest absolute Gasteiger partial charge is 0.493 e. The number of hydrogen-bond donors (Lipinski definition) is 0. The number of fused-ring (bicyclic) bond motifs is 1. The first-order chi connectivity index (χ1) is 10.6. The molecular formula is C19H25BrO2. The normalized spacial score (nSPS) is 12.4. The Balaban J connectivity index is 2.09. The van der Waals surface area contributed by atoms with Crippen molar-refractivity contribution < 1.29 is 9.47 Å². The highest BCUT2D eigenvalue weighted by Crippen LogP contribution is 2.30. The number of benzene rings is 2. The van der Waals surface area contributed by atoms with Gasteiger partial charge in [-0.3, -0.25) is 0 Å². The molecule has 0 heterocycles. The molecule has 22 heavy (non-hydrogen) atoms. The molecule has 0 saturated heterocycles. The quantitative estimate of drug-likeness (QED) is 0.408. The Morgan fingerprint density at radius 1 is 1.09 bits per heavy atom. The molecule has 0 fully saturated rings. The van der Waals surface area contributed by atoms with Gasteiger partial charge in [0.2, 0.25) is 0 Å². The molecule has 120 valence electrons. The van der Waals surface area contributed by atoms with Crippen LogP contribution in [0.2, 0.25) is 0 Å². The van der Waals surface area contributed by atoms with E-state index in [1.165, 1.54) is 35.6 Å². The average Bonchev–Trinajstić information content (AvgIpc) is 2.48. The summed E-state index contributed by atoms with van der Waals surface area (Å²) in [5, 5.41) is 2.42. The number of hydrogen-bond acceptors (Lipinski definition) is 2. The average molecular weight is 365 g/mol. The minimum Gasteiger partial charge on any atom is -0.493 e. The fraction of sp³-hybridized carbons (Fsp3) is 0.474. The molecule has 0 aliphatic heterocycles. The van der Waals surface area contributed by atoms with Gasteiger partial charge in [0.15, 0.2) is 5.01 Å². The van der Waals surface area contributed by atoms with Crippen molar-refractivity contribution in [2.75, 3.05) is 6.61 Å². The number of aryl methyl sites for hydroxylation is 1. The number of ether oxygens (including phenoxy) is 2. The third-order valence-corrected chi connectivity index (χ3v) is 3.95. The monoisotopic (exact) mass is 364 g/mol. The van der Waals surface area contributed by atoms with Gasteiger partial charge in [0.25, 0.3) is 0 Å². The van der Waals surface area contributed by atoms with E-state index in [4.69, 9.17) is 9.47 Å². The van der Waals surface area contributed by atoms with Gasteiger partial charge in [-0.25, -0.2) is 0 Å². The lowest BCUT2D eigenvalue weighted by atomic mass is 10.0. The van der Waals surface area contributed by atoms with Crippen molar-refractivity contribution in [1.29, 1.82) is 0 Å². The summed E-state index contributed by atoms with van der Waals surface area (Å²) in [6, 6.07) is 10.4. The van der Waals surface area contributed by atoms with Crippen molar-refractivity contribution in [1.82, 2.24) is 0 Å². The summed E-state index contributed by atoms with van der Waals surface area (Å²) in [4.78, 5) is 0. The zero-order valence-corrected chi connectivity index (χ0v) is 15.3. The molecule has 0 spiro atoms. The number of halogens is 1. The minimum atomic E-state index is 0.0109. The van der Waals surface area contributed by atoms with Gasteiger partial charge in [0.1, 0.15) is 11.5 Å². The highest BCUT2D eigenvalue weighted by Gasteiger charge is 2.07. The molecule has 2 aromatic rings. The van der Waals surface area contributed by atoms with Crippen LogP contribution in [0, 0.1) is 6.92 Å². The second-order valence-electron chi connectivity index (χ2n) is 5.64. The zero-order valence-electron chi connectivity index (χ0n) is 13.7. The molecule has 2 aromatic carbocycles. The van der Waals surface area contributed by atoms with Gasteiger partial charge in [-0.15, -0.1) is 0 Å². The topological polar surface area (TPSA) is 18.5 Å². The molecule has 2 rings (SSSR count). The Bertz CT molecular complexity index is 608. The predicted molar refractivity (Wildman–Crippen MR) is 97.3 cm³/mol. The van der Waals surface area contributed by atoms with E-state index in [-0.39, 0.29) is 5.01 Å². The maximum Gasteiger partial charge on any atom is 0.150 e. The third-order valence-electron chi connectivity index (χ3n) is 3.76. The first-order valence-corrected chi connectivity index (χ1v) is 9.00. The van der Waals surface area contributed by atoms with Crippen LogP contribution in [0.15, 0.2) is 30.3 Å². The number of alkyl halides is 1. The third kappa shape index (κ3) is 4.64. The van der Waals surface area contributed by atoms with Crippen molar-refractivity contribution in [3.63, 3.8) is 0 Å². The van der Waals surface area contributed by atoms with Gasteiger partial charge >= 0.3 is 0 Å². The van der Waals surface area contributed by atoms with Gasteiger partial charge in [0.05, 0.1) is 6.61 Å². The Hall–Kier alpha value is -1.22. The van der Waals surface area contributed by atoms with Gasteiger partial charge < -0.3 is 9.47 Å². The van der Waals surface area contributed by atoms with Gasteiger partial charge in [-0.05, 0) is 70.7 Å². The highest BCUT2D eigenvalue weighted by atomic mass is 79.9. The molecule has 1 atom stereocenters. The SMILES string of the molecule is CCCCCCOc1ccc2cc(OC(C)Br)ccc2c1C. The molecular weight excluding hydrogens is 340 g/mol. The lowest BCUT2D eigenvalue weighted by Crippen LogP contribution is -2.01. The highest BCUT2D eigenvalue weighted by molar-refractivity contribution is 9.09. The summed E-state index contributed by atoms with van der Waals surface area (Å²) in [6.45, 7) is 7.11. The van der Waals surface area contributed by atoms with E-state index < -0.39 is 0 Å². The van der Waals surface area contributed by atoms with Crippen LogP contribution < -0.4 is 9.47 Å². The van der Waals surface area contributed by atoms with Crippen molar-refractivity contribution in [3.05, 3.63) is 35.9 Å². The van der Waals surface area contributed by atoms with Crippen molar-refractivity contribution in [2.45, 2.75) is 51.5 Å². The second kappa shape index (κ2) is 8.42. The number of rotatable bonds is 8. The lowest BCUT2D eigenvalue weighted by Gasteiger charge is -2.13. The smallest absolute Gasteiger partial charge is 0.150 e. The summed E-state index contributed by atoms with van der Waals surface area (Å²) >= 11 is 3.41. The van der Waals surface area contributed by atoms with E-state index >= 15 is 0 Å². The summed E-state index contributed by atoms with van der Waals surface area (Å²) in [7, 11) is 0. The van der Waals surface area contributed by atoms with Crippen LogP contribution in [0.3, 0.4) is 0 Å². The van der Waals surface area contributed by atoms with Crippen LogP contribution in [0.4, 0.5) is 0 Å². The fourth-order valence-corrected chi connectivity index (χ4v) is 2.79. The van der Waals surface area contributed by atoms with Crippen LogP contribution in [0.25, 0.3) is 10.8 Å². The van der Waals surface area contributed by atoms with E-state index in [0.717, 1.165) is 24.5 Å². The Kier molecular flexibility index (Phi) is 6.56. The molecule has 0 saturated carbocycles. The van der Waals surface area contributed by atoms with Crippen molar-refractivity contribution in [3.8, 4) is 11.5 Å². The first-order valence-electron chi connectivity index (χ1n) is 8.08. The van der Waals surface area contributed by atoms with Gasteiger partial charge in [0, 0.05) is 0 Å². The first kappa shape index (κ1) is 17.1. The van der Waals surface area contributed by atoms with Crippen molar-refractivity contribution >= 4 is 26.7 Å². The summed E-state index contributed by atoms with van der Waals surface area (Å²) < 4.78 is 11.6. The molecule has 0 aliphatic rings. The van der Waals surface area contributed by atoms with Crippen LogP contribution in [0.5, 0.6) is 11.5 Å². The standard InChI is InChI=1S/C19H25BrO2/c1-4-5-6-7-12-21-19-11-8-16-13-17(22-15(3)20)9-10-18(16)14(19)2/h8-11,13,15H,4-7,12H2,1-3H3. The molecule has 2 nitrogen and oxygen atoms in total. The summed E-state index contributed by atoms with van der Waals surface area (Å²) in [5.74, 6) is 1.87. The lowest BCUT2D eigenvalue weighted by molar-refractivity contribution is 0.303. The molecule has 0 aliphatic carbocycles. The molecule has 0 aromatic heterocycles. The molecule has 1 unspecified atom stereocenters. The molecule has 3 heteroatoms. The number of unbranched alkanes of at least 4 members (excludes halogenated alkanes) is 3. The summed E-state index contributed by atoms with van der Waals surface area (Å²) in [5.41, 5.74) is 1.20. The molecule has 0 radical (unpaired) electrons. The van der Waals surface area contributed by atoms with E-state index in [1.54, 1.807) is 0 Å². The zero-order chi connectivity index (χ0) is 15.9. The van der Waals surface area contributed by atoms with Crippen molar-refractivity contribution in [2.24, 2.45) is 0 Å². The van der Waals surface area contributed by atoms with E-state index in [1.807, 2.05) is 13.0 Å². The van der Waals surface area contributed by atoms with Crippen LogP contribution in [-0.2, 0) is 0 Å². The maximum absolute atomic E-state index is 5.95. The summed E-state index contributed by atoms with van der Waals surface area (Å²) in [6.07, 6.45) is 4.91. The van der Waals surface area contributed by atoms with Crippen LogP contribution in [-0.4, -0.2) is 11.6 Å². The van der Waals surface area contributed by atoms with E-state index in [9.17, 15) is 0 Å². The Labute approximate surface area is 141 Å². The predicted octanol–water partition coefficient (Wildman–Crippen LogP) is 6.23. The second-order valence-corrected chi connectivity index (χ2v) is 6.93. The minimum absolute atomic E-state index is 0.0109. The van der Waals surface area contributed by atoms with E-state index in [0.29, 0.717) is 0 Å². The molecule has 0 bridgehead atoms. The van der Waals surface area contributed by atoms with Crippen LogP contribution in [0.1, 0.15) is 45.1 Å².